The Balaban J connectivity index is 1.84. The van der Waals surface area contributed by atoms with Gasteiger partial charge < -0.3 is 10.6 Å². The number of H-pyrrole nitrogens is 1. The van der Waals surface area contributed by atoms with Crippen molar-refractivity contribution in [3.05, 3.63) is 35.4 Å². The number of nitrogens with zero attached hydrogens (tertiary/aromatic N) is 2. The van der Waals surface area contributed by atoms with Gasteiger partial charge in [0.1, 0.15) is 0 Å². The zero-order valence-corrected chi connectivity index (χ0v) is 12.7. The van der Waals surface area contributed by atoms with Gasteiger partial charge in [0.25, 0.3) is 0 Å². The molecule has 4 heteroatoms. The number of nitrogens with one attached hydrogen (secondary N) is 1. The van der Waals surface area contributed by atoms with E-state index >= 15 is 0 Å². The smallest absolute Gasteiger partial charge is 0.154 e. The van der Waals surface area contributed by atoms with Crippen molar-refractivity contribution >= 4 is 5.82 Å². The first kappa shape index (κ1) is 12.9. The molecular weight excluding hydrogens is 260 g/mol. The van der Waals surface area contributed by atoms with Crippen LogP contribution in [0.25, 0.3) is 11.3 Å². The van der Waals surface area contributed by atoms with Crippen molar-refractivity contribution in [1.82, 2.24) is 10.2 Å². The molecular formula is C17H22N4. The minimum absolute atomic E-state index is 0.143. The van der Waals surface area contributed by atoms with E-state index < -0.39 is 0 Å². The lowest BCUT2D eigenvalue weighted by molar-refractivity contribution is 0.517. The number of hydrogen-bond acceptors (Lipinski definition) is 3. The van der Waals surface area contributed by atoms with Crippen molar-refractivity contribution in [3.8, 4) is 11.3 Å². The van der Waals surface area contributed by atoms with E-state index in [1.165, 1.54) is 22.4 Å². The summed E-state index contributed by atoms with van der Waals surface area (Å²) in [5.74, 6) is 1.11. The molecule has 0 amide bonds. The average molecular weight is 282 g/mol. The van der Waals surface area contributed by atoms with Gasteiger partial charge in [-0.15, -0.1) is 0 Å². The maximum atomic E-state index is 6.06. The summed E-state index contributed by atoms with van der Waals surface area (Å²) in [5, 5.41) is 7.90. The number of anilines is 1. The van der Waals surface area contributed by atoms with Gasteiger partial charge in [0, 0.05) is 30.3 Å². The highest BCUT2D eigenvalue weighted by molar-refractivity contribution is 5.76. The van der Waals surface area contributed by atoms with E-state index in [1.807, 2.05) is 0 Å². The fourth-order valence-corrected chi connectivity index (χ4v) is 3.82. The predicted molar refractivity (Wildman–Crippen MR) is 85.6 cm³/mol. The van der Waals surface area contributed by atoms with E-state index in [1.54, 1.807) is 0 Å². The van der Waals surface area contributed by atoms with Crippen molar-refractivity contribution in [2.24, 2.45) is 5.73 Å². The molecule has 1 fully saturated rings. The van der Waals surface area contributed by atoms with E-state index in [9.17, 15) is 0 Å². The van der Waals surface area contributed by atoms with Crippen LogP contribution in [0.1, 0.15) is 31.4 Å². The molecule has 1 saturated heterocycles. The van der Waals surface area contributed by atoms with Gasteiger partial charge in [-0.1, -0.05) is 38.1 Å². The van der Waals surface area contributed by atoms with Gasteiger partial charge >= 0.3 is 0 Å². The molecule has 2 aromatic rings. The number of aromatic amines is 1. The van der Waals surface area contributed by atoms with Crippen LogP contribution in [-0.2, 0) is 11.8 Å². The summed E-state index contributed by atoms with van der Waals surface area (Å²) in [6.07, 6.45) is 2.08. The molecule has 21 heavy (non-hydrogen) atoms. The summed E-state index contributed by atoms with van der Waals surface area (Å²) in [6, 6.07) is 8.96. The van der Waals surface area contributed by atoms with Gasteiger partial charge in [-0.25, -0.2) is 0 Å². The normalized spacial score (nSPS) is 23.0. The van der Waals surface area contributed by atoms with Gasteiger partial charge in [-0.3, -0.25) is 5.10 Å². The Morgan fingerprint density at radius 3 is 2.90 bits per heavy atom. The molecule has 1 aromatic carbocycles. The third kappa shape index (κ3) is 1.89. The van der Waals surface area contributed by atoms with Crippen LogP contribution in [-0.4, -0.2) is 29.3 Å². The van der Waals surface area contributed by atoms with Crippen LogP contribution in [0.2, 0.25) is 0 Å². The fourth-order valence-electron chi connectivity index (χ4n) is 3.82. The third-order valence-electron chi connectivity index (χ3n) is 4.91. The maximum absolute atomic E-state index is 6.06. The molecule has 1 aliphatic heterocycles. The first-order chi connectivity index (χ1) is 10.1. The topological polar surface area (TPSA) is 57.9 Å². The summed E-state index contributed by atoms with van der Waals surface area (Å²) in [4.78, 5) is 2.34. The highest BCUT2D eigenvalue weighted by Gasteiger charge is 2.35. The van der Waals surface area contributed by atoms with Gasteiger partial charge in [0.05, 0.1) is 5.69 Å². The first-order valence-electron chi connectivity index (χ1n) is 7.74. The van der Waals surface area contributed by atoms with E-state index in [4.69, 9.17) is 5.73 Å². The van der Waals surface area contributed by atoms with Crippen molar-refractivity contribution in [1.29, 1.82) is 0 Å². The Kier molecular flexibility index (Phi) is 2.67. The molecule has 2 aliphatic rings. The van der Waals surface area contributed by atoms with Crippen LogP contribution in [0.5, 0.6) is 0 Å². The SMILES string of the molecule is CC1(C)Cc2c(N3CCC(N)C3)n[nH]c2-c2ccccc21. The minimum atomic E-state index is 0.143. The molecule has 2 heterocycles. The lowest BCUT2D eigenvalue weighted by Crippen LogP contribution is -2.29. The van der Waals surface area contributed by atoms with Crippen LogP contribution < -0.4 is 10.6 Å². The molecule has 1 atom stereocenters. The number of hydrogen-bond donors (Lipinski definition) is 2. The molecule has 4 nitrogen and oxygen atoms in total. The monoisotopic (exact) mass is 282 g/mol. The minimum Gasteiger partial charge on any atom is -0.353 e. The Labute approximate surface area is 125 Å². The lowest BCUT2D eigenvalue weighted by Gasteiger charge is -2.33. The molecule has 0 radical (unpaired) electrons. The van der Waals surface area contributed by atoms with Crippen molar-refractivity contribution in [2.45, 2.75) is 38.1 Å². The molecule has 1 aromatic heterocycles. The molecule has 3 N–H and O–H groups in total. The molecule has 1 aliphatic carbocycles. The number of aromatic nitrogens is 2. The van der Waals surface area contributed by atoms with Gasteiger partial charge in [0.15, 0.2) is 5.82 Å². The largest absolute Gasteiger partial charge is 0.353 e. The van der Waals surface area contributed by atoms with Crippen LogP contribution >= 0.6 is 0 Å². The van der Waals surface area contributed by atoms with E-state index in [2.05, 4.69) is 53.2 Å². The first-order valence-corrected chi connectivity index (χ1v) is 7.74. The standard InChI is InChI=1S/C17H22N4/c1-17(2)9-13-15(12-5-3-4-6-14(12)17)19-20-16(13)21-8-7-11(18)10-21/h3-6,11H,7-10,18H2,1-2H3,(H,19,20). The zero-order chi connectivity index (χ0) is 14.6. The summed E-state index contributed by atoms with van der Waals surface area (Å²) in [7, 11) is 0. The van der Waals surface area contributed by atoms with E-state index in [0.717, 1.165) is 31.7 Å². The highest BCUT2D eigenvalue weighted by atomic mass is 15.3. The Hall–Kier alpha value is -1.81. The van der Waals surface area contributed by atoms with Crippen LogP contribution in [0.4, 0.5) is 5.82 Å². The van der Waals surface area contributed by atoms with Crippen molar-refractivity contribution in [2.75, 3.05) is 18.0 Å². The molecule has 4 rings (SSSR count). The highest BCUT2D eigenvalue weighted by Crippen LogP contribution is 2.45. The van der Waals surface area contributed by atoms with Gasteiger partial charge in [0.2, 0.25) is 0 Å². The summed E-state index contributed by atoms with van der Waals surface area (Å²) in [5.41, 5.74) is 11.5. The molecule has 110 valence electrons. The Morgan fingerprint density at radius 2 is 2.14 bits per heavy atom. The number of rotatable bonds is 1. The van der Waals surface area contributed by atoms with Crippen molar-refractivity contribution in [3.63, 3.8) is 0 Å². The summed E-state index contributed by atoms with van der Waals surface area (Å²) < 4.78 is 0. The van der Waals surface area contributed by atoms with Crippen LogP contribution in [0.3, 0.4) is 0 Å². The van der Waals surface area contributed by atoms with E-state index in [-0.39, 0.29) is 11.5 Å². The second-order valence-electron chi connectivity index (χ2n) is 7.00. The summed E-state index contributed by atoms with van der Waals surface area (Å²) in [6.45, 7) is 6.57. The predicted octanol–water partition coefficient (Wildman–Crippen LogP) is 2.45. The molecule has 0 saturated carbocycles. The number of fused-ring (bicyclic) bond motifs is 3. The Morgan fingerprint density at radius 1 is 1.33 bits per heavy atom. The second kappa shape index (κ2) is 4.34. The fraction of sp³-hybridized carbons (Fsp3) is 0.471. The molecule has 1 unspecified atom stereocenters. The number of benzene rings is 1. The second-order valence-corrected chi connectivity index (χ2v) is 7.00. The quantitative estimate of drug-likeness (QED) is 0.844. The molecule has 0 spiro atoms. The lowest BCUT2D eigenvalue weighted by atomic mass is 9.72. The summed E-state index contributed by atoms with van der Waals surface area (Å²) >= 11 is 0. The van der Waals surface area contributed by atoms with Crippen LogP contribution in [0.15, 0.2) is 24.3 Å². The van der Waals surface area contributed by atoms with Crippen LogP contribution in [0, 0.1) is 0 Å². The third-order valence-corrected chi connectivity index (χ3v) is 4.91. The Bertz CT molecular complexity index is 686. The van der Waals surface area contributed by atoms with Gasteiger partial charge in [-0.2, -0.15) is 5.10 Å². The molecule has 0 bridgehead atoms. The average Bonchev–Trinajstić information content (AvgIpc) is 3.04. The zero-order valence-electron chi connectivity index (χ0n) is 12.7. The van der Waals surface area contributed by atoms with E-state index in [0.29, 0.717) is 0 Å². The van der Waals surface area contributed by atoms with Gasteiger partial charge in [-0.05, 0) is 23.8 Å². The number of nitrogens with two attached hydrogens (primary N) is 1. The van der Waals surface area contributed by atoms with Crippen molar-refractivity contribution < 1.29 is 0 Å². The maximum Gasteiger partial charge on any atom is 0.154 e.